The summed E-state index contributed by atoms with van der Waals surface area (Å²) in [5.41, 5.74) is 6.85. The number of aliphatic imine (C=N–C) groups is 1. The maximum absolute atomic E-state index is 14.9. The van der Waals surface area contributed by atoms with Crippen LogP contribution in [-0.2, 0) is 21.8 Å². The number of nitrogens with zero attached hydrogens (tertiary/aromatic N) is 2. The normalized spacial score (nSPS) is 27.4. The number of nitrogens with two attached hydrogens (primary N) is 1. The highest BCUT2D eigenvalue weighted by atomic mass is 32.2. The van der Waals surface area contributed by atoms with Gasteiger partial charge < -0.3 is 5.73 Å². The third kappa shape index (κ3) is 3.64. The predicted molar refractivity (Wildman–Crippen MR) is 122 cm³/mol. The molecule has 32 heavy (non-hydrogen) atoms. The zero-order valence-corrected chi connectivity index (χ0v) is 19.4. The molecule has 2 atom stereocenters. The highest BCUT2D eigenvalue weighted by Crippen LogP contribution is 2.47. The Morgan fingerprint density at radius 1 is 1.22 bits per heavy atom. The summed E-state index contributed by atoms with van der Waals surface area (Å²) >= 11 is 0. The third-order valence-electron chi connectivity index (χ3n) is 7.05. The number of aromatic nitrogens is 1. The van der Waals surface area contributed by atoms with Crippen LogP contribution in [0.1, 0.15) is 60.3 Å². The van der Waals surface area contributed by atoms with Gasteiger partial charge in [0.1, 0.15) is 27.6 Å². The summed E-state index contributed by atoms with van der Waals surface area (Å²) in [6.45, 7) is 5.11. The van der Waals surface area contributed by atoms with Crippen LogP contribution in [0.5, 0.6) is 0 Å². The molecule has 0 amide bonds. The molecule has 8 heteroatoms. The number of hydrogen-bond acceptors (Lipinski definition) is 6. The van der Waals surface area contributed by atoms with E-state index in [0.29, 0.717) is 11.3 Å². The minimum atomic E-state index is -3.69. The molecule has 0 radical (unpaired) electrons. The number of sulfone groups is 1. The second kappa shape index (κ2) is 7.76. The summed E-state index contributed by atoms with van der Waals surface area (Å²) in [6.07, 6.45) is 4.20. The number of carbonyl (C=O) groups excluding carboxylic acids is 1. The van der Waals surface area contributed by atoms with E-state index in [-0.39, 0.29) is 35.3 Å². The monoisotopic (exact) mass is 457 g/mol. The average Bonchev–Trinajstić information content (AvgIpc) is 2.66. The molecule has 170 valence electrons. The highest BCUT2D eigenvalue weighted by molar-refractivity contribution is 7.93. The zero-order chi connectivity index (χ0) is 23.3. The molecule has 2 N–H and O–H groups in total. The second-order valence-electron chi connectivity index (χ2n) is 9.40. The first-order valence-corrected chi connectivity index (χ1v) is 12.4. The van der Waals surface area contributed by atoms with E-state index >= 15 is 0 Å². The molecular formula is C24H28FN3O3S. The van der Waals surface area contributed by atoms with Gasteiger partial charge in [-0.15, -0.1) is 0 Å². The fourth-order valence-electron chi connectivity index (χ4n) is 4.65. The van der Waals surface area contributed by atoms with Gasteiger partial charge in [-0.3, -0.25) is 14.8 Å². The molecule has 1 fully saturated rings. The van der Waals surface area contributed by atoms with Crippen molar-refractivity contribution in [3.8, 4) is 0 Å². The fraction of sp³-hybridized carbons (Fsp3) is 0.458. The molecule has 4 rings (SSSR count). The number of hydrogen-bond donors (Lipinski definition) is 1. The Labute approximate surface area is 188 Å². The Hall–Kier alpha value is -2.61. The molecule has 0 saturated heterocycles. The van der Waals surface area contributed by atoms with Crippen LogP contribution < -0.4 is 5.73 Å². The summed E-state index contributed by atoms with van der Waals surface area (Å²) in [7, 11) is -3.69. The lowest BCUT2D eigenvalue weighted by Gasteiger charge is -2.46. The Morgan fingerprint density at radius 3 is 2.50 bits per heavy atom. The van der Waals surface area contributed by atoms with Crippen LogP contribution in [0.25, 0.3) is 0 Å². The van der Waals surface area contributed by atoms with E-state index in [1.165, 1.54) is 18.2 Å². The van der Waals surface area contributed by atoms with Crippen LogP contribution in [0.2, 0.25) is 0 Å². The van der Waals surface area contributed by atoms with E-state index in [9.17, 15) is 17.6 Å². The van der Waals surface area contributed by atoms with Crippen molar-refractivity contribution >= 4 is 21.5 Å². The first-order valence-electron chi connectivity index (χ1n) is 10.8. The summed E-state index contributed by atoms with van der Waals surface area (Å²) < 4.78 is 40.4. The minimum absolute atomic E-state index is 0.0190. The zero-order valence-electron chi connectivity index (χ0n) is 18.6. The number of rotatable bonds is 5. The number of carbonyl (C=O) groups is 1. The lowest BCUT2D eigenvalue weighted by Crippen LogP contribution is -2.61. The summed E-state index contributed by atoms with van der Waals surface area (Å²) in [5.74, 6) is -1.13. The number of amidine groups is 1. The van der Waals surface area contributed by atoms with Crippen LogP contribution in [0.3, 0.4) is 0 Å². The molecule has 0 spiro atoms. The predicted octanol–water partition coefficient (Wildman–Crippen LogP) is 3.51. The molecule has 1 aromatic carbocycles. The summed E-state index contributed by atoms with van der Waals surface area (Å²) in [6, 6.07) is 7.77. The first-order chi connectivity index (χ1) is 15.0. The van der Waals surface area contributed by atoms with Crippen molar-refractivity contribution < 1.29 is 17.6 Å². The van der Waals surface area contributed by atoms with Crippen LogP contribution >= 0.6 is 0 Å². The third-order valence-corrected chi connectivity index (χ3v) is 9.83. The van der Waals surface area contributed by atoms with Crippen molar-refractivity contribution in [1.29, 1.82) is 0 Å². The quantitative estimate of drug-likeness (QED) is 0.692. The van der Waals surface area contributed by atoms with E-state index in [1.54, 1.807) is 32.2 Å². The van der Waals surface area contributed by atoms with E-state index in [2.05, 4.69) is 9.98 Å². The van der Waals surface area contributed by atoms with E-state index in [0.717, 1.165) is 24.8 Å². The summed E-state index contributed by atoms with van der Waals surface area (Å²) in [5, 5.41) is 0. The van der Waals surface area contributed by atoms with Crippen molar-refractivity contribution in [1.82, 2.24) is 4.98 Å². The van der Waals surface area contributed by atoms with Gasteiger partial charge in [-0.1, -0.05) is 18.6 Å². The maximum atomic E-state index is 14.9. The fourth-order valence-corrected chi connectivity index (χ4v) is 7.02. The van der Waals surface area contributed by atoms with Crippen LogP contribution in [-0.4, -0.2) is 35.5 Å². The van der Waals surface area contributed by atoms with Gasteiger partial charge in [-0.2, -0.15) is 0 Å². The van der Waals surface area contributed by atoms with Crippen LogP contribution in [0.15, 0.2) is 41.5 Å². The largest absolute Gasteiger partial charge is 0.386 e. The molecule has 0 unspecified atom stereocenters. The molecular weight excluding hydrogens is 429 g/mol. The number of Topliss-reactive ketones (excluding diaryl/α,β-unsaturated/α-hetero) is 1. The Bertz CT molecular complexity index is 1210. The van der Waals surface area contributed by atoms with E-state index in [1.807, 2.05) is 6.92 Å². The lowest BCUT2D eigenvalue weighted by molar-refractivity contribution is 0.0988. The summed E-state index contributed by atoms with van der Waals surface area (Å²) in [4.78, 5) is 21.3. The minimum Gasteiger partial charge on any atom is -0.386 e. The number of pyridine rings is 1. The Balaban J connectivity index is 1.69. The average molecular weight is 458 g/mol. The van der Waals surface area contributed by atoms with Crippen LogP contribution in [0, 0.1) is 18.7 Å². The van der Waals surface area contributed by atoms with E-state index < -0.39 is 25.9 Å². The van der Waals surface area contributed by atoms with Gasteiger partial charge in [0, 0.05) is 18.2 Å². The van der Waals surface area contributed by atoms with Gasteiger partial charge in [0.25, 0.3) is 0 Å². The van der Waals surface area contributed by atoms with Gasteiger partial charge in [0.05, 0.1) is 5.75 Å². The van der Waals surface area contributed by atoms with Crippen molar-refractivity contribution in [2.45, 2.75) is 56.7 Å². The molecule has 2 aliphatic rings. The maximum Gasteiger partial charge on any atom is 0.185 e. The standard InChI is InChI=1S/C24H28FN3O3S/c1-15-7-10-20(27-13-15)21(29)12-16-8-9-19(25)18(11-16)23(2)14-32(30,31)24(3,22(26)28-23)17-5-4-6-17/h7-11,13,17H,4-6,12,14H2,1-3H3,(H2,26,28)/t23-,24+/m0/s1. The van der Waals surface area contributed by atoms with Crippen molar-refractivity contribution in [3.63, 3.8) is 0 Å². The van der Waals surface area contributed by atoms with Crippen molar-refractivity contribution in [3.05, 3.63) is 64.7 Å². The number of halogens is 1. The van der Waals surface area contributed by atoms with Gasteiger partial charge in [-0.05, 0) is 68.9 Å². The Kier molecular flexibility index (Phi) is 5.48. The topological polar surface area (TPSA) is 102 Å². The molecule has 1 aliphatic carbocycles. The second-order valence-corrected chi connectivity index (χ2v) is 11.8. The Morgan fingerprint density at radius 2 is 1.94 bits per heavy atom. The molecule has 2 aromatic rings. The number of benzene rings is 1. The SMILES string of the molecule is Cc1ccc(C(=O)Cc2ccc(F)c([C@]3(C)CS(=O)(=O)[C@](C)(C4CCC4)C(N)=N3)c2)nc1. The highest BCUT2D eigenvalue weighted by Gasteiger charge is 2.57. The molecule has 1 saturated carbocycles. The number of ketones is 1. The van der Waals surface area contributed by atoms with Gasteiger partial charge >= 0.3 is 0 Å². The van der Waals surface area contributed by atoms with Crippen molar-refractivity contribution in [2.24, 2.45) is 16.6 Å². The molecule has 1 aliphatic heterocycles. The van der Waals surface area contributed by atoms with Gasteiger partial charge in [-0.25, -0.2) is 12.8 Å². The lowest BCUT2D eigenvalue weighted by atomic mass is 9.75. The molecule has 1 aromatic heterocycles. The number of aryl methyl sites for hydroxylation is 1. The smallest absolute Gasteiger partial charge is 0.185 e. The van der Waals surface area contributed by atoms with Gasteiger partial charge in [0.15, 0.2) is 15.6 Å². The molecule has 0 bridgehead atoms. The van der Waals surface area contributed by atoms with Crippen LogP contribution in [0.4, 0.5) is 4.39 Å². The van der Waals surface area contributed by atoms with Gasteiger partial charge in [0.2, 0.25) is 0 Å². The molecule has 2 heterocycles. The van der Waals surface area contributed by atoms with Crippen molar-refractivity contribution in [2.75, 3.05) is 5.75 Å². The first kappa shape index (κ1) is 22.6. The van der Waals surface area contributed by atoms with E-state index in [4.69, 9.17) is 5.73 Å². The molecule has 6 nitrogen and oxygen atoms in total.